The van der Waals surface area contributed by atoms with Crippen LogP contribution in [-0.2, 0) is 10.0 Å². The van der Waals surface area contributed by atoms with Crippen molar-refractivity contribution in [2.75, 3.05) is 10.5 Å². The van der Waals surface area contributed by atoms with E-state index in [0.717, 1.165) is 0 Å². The number of aryl methyl sites for hydroxylation is 1. The number of sulfonamides is 1. The van der Waals surface area contributed by atoms with Crippen molar-refractivity contribution in [3.63, 3.8) is 0 Å². The van der Waals surface area contributed by atoms with Crippen LogP contribution in [0.5, 0.6) is 0 Å². The fourth-order valence-electron chi connectivity index (χ4n) is 1.84. The number of H-pyrrole nitrogens is 1. The van der Waals surface area contributed by atoms with Gasteiger partial charge in [0.15, 0.2) is 5.82 Å². The number of hydrogen-bond donors (Lipinski definition) is 3. The summed E-state index contributed by atoms with van der Waals surface area (Å²) in [5, 5.41) is 4.01. The molecule has 20 heavy (non-hydrogen) atoms. The zero-order valence-corrected chi connectivity index (χ0v) is 11.2. The number of anilines is 2. The Hall–Kier alpha value is -2.55. The number of benzene rings is 1. The molecule has 0 spiro atoms. The van der Waals surface area contributed by atoms with Crippen molar-refractivity contribution < 1.29 is 12.9 Å². The van der Waals surface area contributed by atoms with Gasteiger partial charge in [0.1, 0.15) is 4.90 Å². The maximum Gasteiger partial charge on any atom is 0.335 e. The lowest BCUT2D eigenvalue weighted by molar-refractivity contribution is 0.429. The molecule has 0 saturated heterocycles. The molecular weight excluding hydrogens is 282 g/mol. The largest absolute Gasteiger partial charge is 0.399 e. The molecule has 104 valence electrons. The maximum atomic E-state index is 12.3. The highest BCUT2D eigenvalue weighted by Gasteiger charge is 2.21. The molecule has 0 unspecified atom stereocenters. The van der Waals surface area contributed by atoms with Gasteiger partial charge in [-0.15, -0.1) is 0 Å². The Morgan fingerprint density at radius 1 is 1.40 bits per heavy atom. The fraction of sp³-hybridized carbons (Fsp3) is 0.0909. The fourth-order valence-corrected chi connectivity index (χ4v) is 2.94. The molecule has 0 fully saturated rings. The standard InChI is InChI=1S/C11H11N5O3S/c1-6-14-11(19-15-6)16-20(17,18)10-5-13-9-3-2-7(12)4-8(9)10/h2-5,13H,12H2,1H3,(H,14,15,16). The molecular formula is C11H11N5O3S. The normalized spacial score (nSPS) is 11.8. The molecule has 0 aliphatic rings. The first-order valence-corrected chi connectivity index (χ1v) is 7.14. The van der Waals surface area contributed by atoms with Gasteiger partial charge in [-0.25, -0.2) is 13.1 Å². The van der Waals surface area contributed by atoms with E-state index in [9.17, 15) is 8.42 Å². The first-order valence-electron chi connectivity index (χ1n) is 5.65. The van der Waals surface area contributed by atoms with E-state index in [-0.39, 0.29) is 10.9 Å². The minimum atomic E-state index is -3.83. The first-order chi connectivity index (χ1) is 9.45. The summed E-state index contributed by atoms with van der Waals surface area (Å²) < 4.78 is 31.6. The van der Waals surface area contributed by atoms with E-state index in [1.807, 2.05) is 0 Å². The summed E-state index contributed by atoms with van der Waals surface area (Å²) in [5.41, 5.74) is 6.82. The third-order valence-electron chi connectivity index (χ3n) is 2.71. The van der Waals surface area contributed by atoms with E-state index < -0.39 is 10.0 Å². The number of fused-ring (bicyclic) bond motifs is 1. The molecule has 0 bridgehead atoms. The average molecular weight is 293 g/mol. The van der Waals surface area contributed by atoms with Crippen molar-refractivity contribution >= 4 is 32.6 Å². The van der Waals surface area contributed by atoms with Crippen LogP contribution in [-0.4, -0.2) is 23.5 Å². The first kappa shape index (κ1) is 12.5. The summed E-state index contributed by atoms with van der Waals surface area (Å²) in [7, 11) is -3.83. The number of nitrogen functional groups attached to an aromatic ring is 1. The Bertz CT molecular complexity index is 880. The molecule has 0 saturated carbocycles. The Morgan fingerprint density at radius 3 is 2.90 bits per heavy atom. The van der Waals surface area contributed by atoms with Crippen LogP contribution in [0.3, 0.4) is 0 Å². The third-order valence-corrected chi connectivity index (χ3v) is 4.07. The summed E-state index contributed by atoms with van der Waals surface area (Å²) in [4.78, 5) is 6.74. The second-order valence-corrected chi connectivity index (χ2v) is 5.86. The Labute approximate surface area is 114 Å². The molecule has 9 heteroatoms. The van der Waals surface area contributed by atoms with E-state index in [4.69, 9.17) is 10.3 Å². The molecule has 0 atom stereocenters. The molecule has 2 aromatic heterocycles. The summed E-state index contributed by atoms with van der Waals surface area (Å²) in [6.07, 6.45) is 1.38. The van der Waals surface area contributed by atoms with Crippen LogP contribution in [0.1, 0.15) is 5.82 Å². The lowest BCUT2D eigenvalue weighted by Gasteiger charge is -2.02. The minimum absolute atomic E-state index is 0.0654. The molecule has 3 aromatic rings. The molecule has 0 aliphatic heterocycles. The second-order valence-electron chi connectivity index (χ2n) is 4.21. The zero-order chi connectivity index (χ0) is 14.3. The summed E-state index contributed by atoms with van der Waals surface area (Å²) in [5.74, 6) is 0.339. The van der Waals surface area contributed by atoms with Gasteiger partial charge in [0.05, 0.1) is 0 Å². The molecule has 0 aliphatic carbocycles. The van der Waals surface area contributed by atoms with Crippen molar-refractivity contribution in [1.82, 2.24) is 15.1 Å². The van der Waals surface area contributed by atoms with E-state index in [2.05, 4.69) is 19.8 Å². The predicted octanol–water partition coefficient (Wildman–Crippen LogP) is 1.24. The van der Waals surface area contributed by atoms with Gasteiger partial charge in [0.25, 0.3) is 10.0 Å². The van der Waals surface area contributed by atoms with Crippen LogP contribution in [0.25, 0.3) is 10.9 Å². The van der Waals surface area contributed by atoms with Gasteiger partial charge in [0.2, 0.25) is 0 Å². The Kier molecular flexibility index (Phi) is 2.64. The van der Waals surface area contributed by atoms with Gasteiger partial charge in [-0.05, 0) is 25.1 Å². The number of aromatic nitrogens is 3. The van der Waals surface area contributed by atoms with E-state index in [0.29, 0.717) is 22.4 Å². The van der Waals surface area contributed by atoms with Gasteiger partial charge in [-0.2, -0.15) is 4.98 Å². The topological polar surface area (TPSA) is 127 Å². The Morgan fingerprint density at radius 2 is 2.20 bits per heavy atom. The molecule has 4 N–H and O–H groups in total. The number of aromatic amines is 1. The highest BCUT2D eigenvalue weighted by molar-refractivity contribution is 7.93. The van der Waals surface area contributed by atoms with E-state index >= 15 is 0 Å². The third kappa shape index (κ3) is 2.07. The van der Waals surface area contributed by atoms with Crippen LogP contribution in [0.15, 0.2) is 33.8 Å². The highest BCUT2D eigenvalue weighted by atomic mass is 32.2. The number of rotatable bonds is 3. The van der Waals surface area contributed by atoms with Crippen molar-refractivity contribution in [1.29, 1.82) is 0 Å². The molecule has 0 radical (unpaired) electrons. The number of nitrogens with one attached hydrogen (secondary N) is 2. The van der Waals surface area contributed by atoms with Crippen LogP contribution in [0.4, 0.5) is 11.7 Å². The highest BCUT2D eigenvalue weighted by Crippen LogP contribution is 2.26. The quantitative estimate of drug-likeness (QED) is 0.623. The van der Waals surface area contributed by atoms with Crippen molar-refractivity contribution in [3.05, 3.63) is 30.2 Å². The van der Waals surface area contributed by atoms with Crippen molar-refractivity contribution in [2.24, 2.45) is 0 Å². The van der Waals surface area contributed by atoms with Crippen LogP contribution < -0.4 is 10.5 Å². The summed E-state index contributed by atoms with van der Waals surface area (Å²) in [6.45, 7) is 1.59. The van der Waals surface area contributed by atoms with Crippen LogP contribution in [0.2, 0.25) is 0 Å². The van der Waals surface area contributed by atoms with Gasteiger partial charge in [-0.1, -0.05) is 5.16 Å². The van der Waals surface area contributed by atoms with Crippen LogP contribution >= 0.6 is 0 Å². The molecule has 1 aromatic carbocycles. The molecule has 0 amide bonds. The summed E-state index contributed by atoms with van der Waals surface area (Å²) in [6, 6.07) is 4.80. The van der Waals surface area contributed by atoms with Crippen molar-refractivity contribution in [3.8, 4) is 0 Å². The summed E-state index contributed by atoms with van der Waals surface area (Å²) >= 11 is 0. The molecule has 2 heterocycles. The number of hydrogen-bond acceptors (Lipinski definition) is 6. The van der Waals surface area contributed by atoms with Gasteiger partial charge < -0.3 is 15.2 Å². The van der Waals surface area contributed by atoms with E-state index in [1.54, 1.807) is 25.1 Å². The SMILES string of the molecule is Cc1noc(NS(=O)(=O)c2c[nH]c3ccc(N)cc23)n1. The smallest absolute Gasteiger partial charge is 0.335 e. The lowest BCUT2D eigenvalue weighted by Crippen LogP contribution is -2.12. The van der Waals surface area contributed by atoms with Crippen LogP contribution in [0, 0.1) is 6.92 Å². The predicted molar refractivity (Wildman–Crippen MR) is 72.6 cm³/mol. The van der Waals surface area contributed by atoms with E-state index in [1.165, 1.54) is 6.20 Å². The number of nitrogens with zero attached hydrogens (tertiary/aromatic N) is 2. The second kappa shape index (κ2) is 4.23. The Balaban J connectivity index is 2.07. The minimum Gasteiger partial charge on any atom is -0.399 e. The maximum absolute atomic E-state index is 12.3. The molecule has 8 nitrogen and oxygen atoms in total. The average Bonchev–Trinajstić information content (AvgIpc) is 2.95. The number of nitrogens with two attached hydrogens (primary N) is 1. The van der Waals surface area contributed by atoms with Crippen molar-refractivity contribution in [2.45, 2.75) is 11.8 Å². The molecule has 3 rings (SSSR count). The van der Waals surface area contributed by atoms with Gasteiger partial charge >= 0.3 is 6.01 Å². The monoisotopic (exact) mass is 293 g/mol. The lowest BCUT2D eigenvalue weighted by atomic mass is 10.2. The van der Waals surface area contributed by atoms with Gasteiger partial charge in [-0.3, -0.25) is 0 Å². The zero-order valence-electron chi connectivity index (χ0n) is 10.4. The van der Waals surface area contributed by atoms with Gasteiger partial charge in [0, 0.05) is 22.8 Å².